The normalized spacial score (nSPS) is 21.9. The Morgan fingerprint density at radius 3 is 2.60 bits per heavy atom. The molecule has 0 amide bonds. The fourth-order valence-electron chi connectivity index (χ4n) is 2.93. The highest BCUT2D eigenvalue weighted by Gasteiger charge is 2.27. The summed E-state index contributed by atoms with van der Waals surface area (Å²) < 4.78 is 6.93. The molecule has 4 rings (SSSR count). The van der Waals surface area contributed by atoms with Gasteiger partial charge in [-0.25, -0.2) is 4.98 Å². The number of aromatic nitrogens is 1. The number of aryl methyl sites for hydroxylation is 1. The minimum atomic E-state index is 0.563. The Kier molecular flexibility index (Phi) is 4.08. The van der Waals surface area contributed by atoms with Gasteiger partial charge in [0.05, 0.1) is 21.8 Å². The number of benzene rings is 1. The lowest BCUT2D eigenvalue weighted by molar-refractivity contribution is 0.194. The van der Waals surface area contributed by atoms with Crippen molar-refractivity contribution < 1.29 is 4.74 Å². The van der Waals surface area contributed by atoms with Crippen molar-refractivity contribution in [3.05, 3.63) is 28.3 Å². The lowest BCUT2D eigenvalue weighted by Gasteiger charge is -2.11. The number of ether oxygens (including phenoxy) is 1. The first-order valence-corrected chi connectivity index (χ1v) is 8.61. The van der Waals surface area contributed by atoms with Crippen molar-refractivity contribution in [2.45, 2.75) is 51.9 Å². The molecule has 0 radical (unpaired) electrons. The van der Waals surface area contributed by atoms with Crippen LogP contribution in [0.5, 0.6) is 0 Å². The van der Waals surface area contributed by atoms with E-state index in [0.717, 1.165) is 25.6 Å². The summed E-state index contributed by atoms with van der Waals surface area (Å²) in [4.78, 5) is 4.74. The van der Waals surface area contributed by atoms with Crippen LogP contribution in [0.3, 0.4) is 0 Å². The molecule has 1 saturated heterocycles. The molecular formula is C17H23NOS. The third-order valence-electron chi connectivity index (χ3n) is 4.07. The van der Waals surface area contributed by atoms with E-state index in [0.29, 0.717) is 5.92 Å². The molecule has 108 valence electrons. The number of fused-ring (bicyclic) bond motifs is 1. The molecule has 1 unspecified atom stereocenters. The lowest BCUT2D eigenvalue weighted by Crippen LogP contribution is -2.00. The van der Waals surface area contributed by atoms with Crippen LogP contribution in [0.4, 0.5) is 0 Å². The van der Waals surface area contributed by atoms with E-state index in [4.69, 9.17) is 9.72 Å². The summed E-state index contributed by atoms with van der Waals surface area (Å²) in [7, 11) is 0. The maximum atomic E-state index is 5.56. The molecule has 1 aliphatic heterocycles. The Morgan fingerprint density at radius 1 is 1.15 bits per heavy atom. The van der Waals surface area contributed by atoms with E-state index >= 15 is 0 Å². The van der Waals surface area contributed by atoms with E-state index in [9.17, 15) is 0 Å². The van der Waals surface area contributed by atoms with E-state index in [1.165, 1.54) is 39.2 Å². The summed E-state index contributed by atoms with van der Waals surface area (Å²) >= 11 is 1.83. The summed E-state index contributed by atoms with van der Waals surface area (Å²) in [6.07, 6.45) is 3.88. The second-order valence-corrected chi connectivity index (χ2v) is 6.76. The average molecular weight is 289 g/mol. The maximum Gasteiger partial charge on any atom is 0.0907 e. The molecule has 1 saturated carbocycles. The smallest absolute Gasteiger partial charge is 0.0907 e. The van der Waals surface area contributed by atoms with Crippen LogP contribution in [0.15, 0.2) is 12.1 Å². The van der Waals surface area contributed by atoms with Gasteiger partial charge in [-0.15, -0.1) is 11.3 Å². The third-order valence-corrected chi connectivity index (χ3v) is 4.99. The van der Waals surface area contributed by atoms with Gasteiger partial charge in [0.2, 0.25) is 0 Å². The van der Waals surface area contributed by atoms with Crippen molar-refractivity contribution in [3.63, 3.8) is 0 Å². The minimum Gasteiger partial charge on any atom is -0.381 e. The Balaban J connectivity index is 0.000000581. The highest BCUT2D eigenvalue weighted by Crippen LogP contribution is 2.44. The lowest BCUT2D eigenvalue weighted by atomic mass is 9.94. The van der Waals surface area contributed by atoms with Crippen LogP contribution in [-0.2, 0) is 4.74 Å². The molecule has 2 heterocycles. The molecule has 1 aromatic carbocycles. The molecule has 2 fully saturated rings. The molecule has 2 aliphatic rings. The van der Waals surface area contributed by atoms with Crippen LogP contribution in [-0.4, -0.2) is 18.2 Å². The molecule has 0 spiro atoms. The van der Waals surface area contributed by atoms with Gasteiger partial charge in [0, 0.05) is 12.5 Å². The van der Waals surface area contributed by atoms with Crippen molar-refractivity contribution in [1.29, 1.82) is 0 Å². The predicted molar refractivity (Wildman–Crippen MR) is 85.9 cm³/mol. The SMILES string of the molecule is CC.Cc1nc2c(C3CCOC3)cc(C3CC3)cc2s1. The highest BCUT2D eigenvalue weighted by molar-refractivity contribution is 7.18. The van der Waals surface area contributed by atoms with Crippen molar-refractivity contribution in [3.8, 4) is 0 Å². The van der Waals surface area contributed by atoms with E-state index in [1.54, 1.807) is 0 Å². The quantitative estimate of drug-likeness (QED) is 0.775. The minimum absolute atomic E-state index is 0.563. The van der Waals surface area contributed by atoms with E-state index in [-0.39, 0.29) is 0 Å². The van der Waals surface area contributed by atoms with Crippen molar-refractivity contribution in [1.82, 2.24) is 4.98 Å². The Bertz CT molecular complexity index is 594. The molecule has 1 aliphatic carbocycles. The predicted octanol–water partition coefficient (Wildman–Crippen LogP) is 5.01. The second kappa shape index (κ2) is 5.82. The largest absolute Gasteiger partial charge is 0.381 e. The van der Waals surface area contributed by atoms with Crippen LogP contribution >= 0.6 is 11.3 Å². The summed E-state index contributed by atoms with van der Waals surface area (Å²) in [6.45, 7) is 7.89. The molecule has 3 heteroatoms. The van der Waals surface area contributed by atoms with Gasteiger partial charge in [0.1, 0.15) is 0 Å². The first kappa shape index (κ1) is 14.0. The van der Waals surface area contributed by atoms with Gasteiger partial charge in [0.15, 0.2) is 0 Å². The van der Waals surface area contributed by atoms with Gasteiger partial charge in [-0.3, -0.25) is 0 Å². The summed E-state index contributed by atoms with van der Waals surface area (Å²) in [6, 6.07) is 4.79. The molecule has 20 heavy (non-hydrogen) atoms. The fourth-order valence-corrected chi connectivity index (χ4v) is 3.84. The van der Waals surface area contributed by atoms with E-state index in [1.807, 2.05) is 25.2 Å². The zero-order chi connectivity index (χ0) is 14.1. The van der Waals surface area contributed by atoms with Crippen molar-refractivity contribution >= 4 is 21.6 Å². The van der Waals surface area contributed by atoms with Crippen LogP contribution in [0.2, 0.25) is 0 Å². The summed E-state index contributed by atoms with van der Waals surface area (Å²) in [5.74, 6) is 1.38. The van der Waals surface area contributed by atoms with Crippen LogP contribution < -0.4 is 0 Å². The van der Waals surface area contributed by atoms with Gasteiger partial charge in [-0.1, -0.05) is 19.9 Å². The Labute approximate surface area is 125 Å². The molecule has 2 aromatic rings. The first-order chi connectivity index (χ1) is 9.81. The first-order valence-electron chi connectivity index (χ1n) is 7.80. The molecular weight excluding hydrogens is 266 g/mol. The Hall–Kier alpha value is -0.930. The standard InChI is InChI=1S/C15H17NOS.C2H6/c1-9-16-15-13(11-4-5-17-8-11)6-12(10-2-3-10)7-14(15)18-9;1-2/h6-7,10-11H,2-5,8H2,1H3;1-2H3. The zero-order valence-corrected chi connectivity index (χ0v) is 13.4. The van der Waals surface area contributed by atoms with Gasteiger partial charge < -0.3 is 4.74 Å². The Morgan fingerprint density at radius 2 is 1.95 bits per heavy atom. The van der Waals surface area contributed by atoms with Crippen molar-refractivity contribution in [2.24, 2.45) is 0 Å². The van der Waals surface area contributed by atoms with Crippen LogP contribution in [0, 0.1) is 6.92 Å². The summed E-state index contributed by atoms with van der Waals surface area (Å²) in [5.41, 5.74) is 4.21. The number of hydrogen-bond donors (Lipinski definition) is 0. The van der Waals surface area contributed by atoms with Gasteiger partial charge in [-0.05, 0) is 49.3 Å². The molecule has 0 N–H and O–H groups in total. The molecule has 1 aromatic heterocycles. The second-order valence-electron chi connectivity index (χ2n) is 5.52. The number of rotatable bonds is 2. The zero-order valence-electron chi connectivity index (χ0n) is 12.6. The molecule has 2 nitrogen and oxygen atoms in total. The average Bonchev–Trinajstić information content (AvgIpc) is 3.03. The third kappa shape index (κ3) is 2.61. The molecule has 1 atom stereocenters. The van der Waals surface area contributed by atoms with Gasteiger partial charge in [0.25, 0.3) is 0 Å². The van der Waals surface area contributed by atoms with Gasteiger partial charge >= 0.3 is 0 Å². The fraction of sp³-hybridized carbons (Fsp3) is 0.588. The van der Waals surface area contributed by atoms with E-state index in [2.05, 4.69) is 19.1 Å². The topological polar surface area (TPSA) is 22.1 Å². The number of thiazole rings is 1. The molecule has 0 bridgehead atoms. The number of hydrogen-bond acceptors (Lipinski definition) is 3. The van der Waals surface area contributed by atoms with Crippen LogP contribution in [0.1, 0.15) is 61.1 Å². The maximum absolute atomic E-state index is 5.56. The van der Waals surface area contributed by atoms with Crippen molar-refractivity contribution in [2.75, 3.05) is 13.2 Å². The summed E-state index contributed by atoms with van der Waals surface area (Å²) in [5, 5.41) is 1.18. The monoisotopic (exact) mass is 289 g/mol. The van der Waals surface area contributed by atoms with Gasteiger partial charge in [-0.2, -0.15) is 0 Å². The highest BCUT2D eigenvalue weighted by atomic mass is 32.1. The number of nitrogens with zero attached hydrogens (tertiary/aromatic N) is 1. The van der Waals surface area contributed by atoms with E-state index < -0.39 is 0 Å². The van der Waals surface area contributed by atoms with Crippen LogP contribution in [0.25, 0.3) is 10.2 Å².